The first-order valence-electron chi connectivity index (χ1n) is 3.25. The Labute approximate surface area is 80.6 Å². The second-order valence-corrected chi connectivity index (χ2v) is 3.28. The molecule has 1 aromatic carbocycles. The van der Waals surface area contributed by atoms with Gasteiger partial charge in [-0.15, -0.1) is 12.6 Å². The van der Waals surface area contributed by atoms with Crippen LogP contribution in [0.15, 0.2) is 17.0 Å². The summed E-state index contributed by atoms with van der Waals surface area (Å²) in [5.74, 6) is -0.978. The lowest BCUT2D eigenvalue weighted by Gasteiger charge is -2.02. The van der Waals surface area contributed by atoms with Crippen LogP contribution in [-0.4, -0.2) is 11.1 Å². The van der Waals surface area contributed by atoms with Crippen molar-refractivity contribution in [3.05, 3.63) is 28.3 Å². The molecule has 1 N–H and O–H groups in total. The Morgan fingerprint density at radius 2 is 2.17 bits per heavy atom. The predicted molar refractivity (Wildman–Crippen MR) is 50.4 cm³/mol. The van der Waals surface area contributed by atoms with E-state index >= 15 is 0 Å². The van der Waals surface area contributed by atoms with Gasteiger partial charge >= 0.3 is 5.97 Å². The minimum absolute atomic E-state index is 0.190. The zero-order chi connectivity index (χ0) is 9.30. The quantitative estimate of drug-likeness (QED) is 0.687. The summed E-state index contributed by atoms with van der Waals surface area (Å²) < 4.78 is 0. The molecule has 0 saturated heterocycles. The Morgan fingerprint density at radius 3 is 2.58 bits per heavy atom. The van der Waals surface area contributed by atoms with E-state index in [1.807, 2.05) is 0 Å². The maximum Gasteiger partial charge on any atom is 0.335 e. The second kappa shape index (κ2) is 3.37. The van der Waals surface area contributed by atoms with Crippen LogP contribution in [0.1, 0.15) is 15.9 Å². The Morgan fingerprint density at radius 1 is 1.58 bits per heavy atom. The van der Waals surface area contributed by atoms with Gasteiger partial charge in [-0.3, -0.25) is 0 Å². The van der Waals surface area contributed by atoms with E-state index in [0.717, 1.165) is 5.56 Å². The molecular weight excluding hydrogens is 196 g/mol. The van der Waals surface area contributed by atoms with E-state index in [1.54, 1.807) is 6.92 Å². The third-order valence-electron chi connectivity index (χ3n) is 1.50. The van der Waals surface area contributed by atoms with Gasteiger partial charge in [0.05, 0.1) is 10.6 Å². The highest BCUT2D eigenvalue weighted by Gasteiger charge is 2.07. The van der Waals surface area contributed by atoms with Gasteiger partial charge in [0, 0.05) is 4.90 Å². The van der Waals surface area contributed by atoms with Crippen molar-refractivity contribution in [2.75, 3.05) is 0 Å². The lowest BCUT2D eigenvalue weighted by molar-refractivity contribution is 0.0696. The highest BCUT2D eigenvalue weighted by Crippen LogP contribution is 2.25. The number of hydrogen-bond acceptors (Lipinski definition) is 2. The molecule has 4 heteroatoms. The van der Waals surface area contributed by atoms with Crippen molar-refractivity contribution in [2.24, 2.45) is 0 Å². The van der Waals surface area contributed by atoms with E-state index in [0.29, 0.717) is 9.92 Å². The van der Waals surface area contributed by atoms with Crippen molar-refractivity contribution in [2.45, 2.75) is 11.8 Å². The highest BCUT2D eigenvalue weighted by molar-refractivity contribution is 7.80. The molecule has 1 rings (SSSR count). The first-order valence-corrected chi connectivity index (χ1v) is 4.07. The average Bonchev–Trinajstić information content (AvgIpc) is 1.99. The number of benzene rings is 1. The van der Waals surface area contributed by atoms with E-state index in [2.05, 4.69) is 12.6 Å². The zero-order valence-electron chi connectivity index (χ0n) is 6.34. The molecule has 12 heavy (non-hydrogen) atoms. The van der Waals surface area contributed by atoms with Crippen LogP contribution in [-0.2, 0) is 0 Å². The van der Waals surface area contributed by atoms with E-state index in [1.165, 1.54) is 12.1 Å². The number of aryl methyl sites for hydroxylation is 1. The van der Waals surface area contributed by atoms with E-state index in [4.69, 9.17) is 16.7 Å². The minimum atomic E-state index is -0.978. The van der Waals surface area contributed by atoms with Gasteiger partial charge in [-0.05, 0) is 24.6 Å². The summed E-state index contributed by atoms with van der Waals surface area (Å²) in [4.78, 5) is 11.2. The summed E-state index contributed by atoms with van der Waals surface area (Å²) in [6.07, 6.45) is 0. The summed E-state index contributed by atoms with van der Waals surface area (Å²) in [5.41, 5.74) is 0.957. The number of thiol groups is 1. The van der Waals surface area contributed by atoms with Crippen LogP contribution < -0.4 is 0 Å². The fourth-order valence-corrected chi connectivity index (χ4v) is 1.26. The number of aromatic carboxylic acids is 1. The number of rotatable bonds is 1. The smallest absolute Gasteiger partial charge is 0.335 e. The number of halogens is 1. The fraction of sp³-hybridized carbons (Fsp3) is 0.125. The highest BCUT2D eigenvalue weighted by atomic mass is 35.5. The molecule has 0 fully saturated rings. The molecule has 0 aliphatic rings. The van der Waals surface area contributed by atoms with Crippen molar-refractivity contribution in [3.63, 3.8) is 0 Å². The second-order valence-electron chi connectivity index (χ2n) is 2.43. The largest absolute Gasteiger partial charge is 0.478 e. The average molecular weight is 203 g/mol. The van der Waals surface area contributed by atoms with Crippen LogP contribution in [0, 0.1) is 6.92 Å². The topological polar surface area (TPSA) is 37.3 Å². The Bertz CT molecular complexity index is 313. The number of carboxylic acid groups (broad SMARTS) is 1. The lowest BCUT2D eigenvalue weighted by atomic mass is 10.1. The first kappa shape index (κ1) is 9.42. The normalized spacial score (nSPS) is 9.92. The zero-order valence-corrected chi connectivity index (χ0v) is 7.99. The third kappa shape index (κ3) is 1.73. The molecule has 0 radical (unpaired) electrons. The summed E-state index contributed by atoms with van der Waals surface area (Å²) in [5, 5.41) is 9.01. The predicted octanol–water partition coefficient (Wildman–Crippen LogP) is 2.64. The minimum Gasteiger partial charge on any atom is -0.478 e. The van der Waals surface area contributed by atoms with E-state index in [-0.39, 0.29) is 5.56 Å². The van der Waals surface area contributed by atoms with Gasteiger partial charge < -0.3 is 5.11 Å². The molecule has 0 saturated carbocycles. The van der Waals surface area contributed by atoms with Crippen LogP contribution in [0.4, 0.5) is 0 Å². The summed E-state index contributed by atoms with van der Waals surface area (Å²) in [7, 11) is 0. The van der Waals surface area contributed by atoms with Gasteiger partial charge in [-0.1, -0.05) is 11.6 Å². The molecule has 0 aromatic heterocycles. The molecule has 0 atom stereocenters. The molecule has 0 aliphatic carbocycles. The standard InChI is InChI=1S/C8H7ClO2S/c1-4-2-5(8(10)11)3-6(9)7(4)12/h2-3,12H,1H3,(H,10,11). The van der Waals surface area contributed by atoms with Crippen molar-refractivity contribution in [1.29, 1.82) is 0 Å². The lowest BCUT2D eigenvalue weighted by Crippen LogP contribution is -1.97. The van der Waals surface area contributed by atoms with Gasteiger partial charge in [0.1, 0.15) is 0 Å². The van der Waals surface area contributed by atoms with E-state index < -0.39 is 5.97 Å². The molecule has 0 heterocycles. The van der Waals surface area contributed by atoms with Gasteiger partial charge in [-0.2, -0.15) is 0 Å². The molecule has 0 bridgehead atoms. The maximum absolute atomic E-state index is 10.5. The summed E-state index contributed by atoms with van der Waals surface area (Å²) in [6, 6.07) is 2.93. The van der Waals surface area contributed by atoms with Crippen LogP contribution in [0.5, 0.6) is 0 Å². The van der Waals surface area contributed by atoms with Crippen molar-refractivity contribution in [3.8, 4) is 0 Å². The SMILES string of the molecule is Cc1cc(C(=O)O)cc(Cl)c1S. The fourth-order valence-electron chi connectivity index (χ4n) is 0.860. The van der Waals surface area contributed by atoms with E-state index in [9.17, 15) is 4.79 Å². The van der Waals surface area contributed by atoms with Gasteiger partial charge in [0.25, 0.3) is 0 Å². The Hall–Kier alpha value is -0.670. The summed E-state index contributed by atoms with van der Waals surface area (Å²) in [6.45, 7) is 1.76. The van der Waals surface area contributed by atoms with Gasteiger partial charge in [0.15, 0.2) is 0 Å². The monoisotopic (exact) mass is 202 g/mol. The van der Waals surface area contributed by atoms with Crippen molar-refractivity contribution < 1.29 is 9.90 Å². The molecule has 64 valence electrons. The molecule has 1 aromatic rings. The first-order chi connectivity index (χ1) is 5.52. The van der Waals surface area contributed by atoms with Gasteiger partial charge in [0.2, 0.25) is 0 Å². The van der Waals surface area contributed by atoms with Crippen LogP contribution >= 0.6 is 24.2 Å². The number of carboxylic acids is 1. The molecule has 0 aliphatic heterocycles. The Balaban J connectivity index is 3.31. The molecule has 2 nitrogen and oxygen atoms in total. The third-order valence-corrected chi connectivity index (χ3v) is 2.52. The van der Waals surface area contributed by atoms with Crippen LogP contribution in [0.3, 0.4) is 0 Å². The summed E-state index contributed by atoms with van der Waals surface area (Å²) >= 11 is 9.83. The molecule has 0 amide bonds. The van der Waals surface area contributed by atoms with Crippen LogP contribution in [0.25, 0.3) is 0 Å². The van der Waals surface area contributed by atoms with Crippen molar-refractivity contribution >= 4 is 30.2 Å². The molecule has 0 unspecified atom stereocenters. The van der Waals surface area contributed by atoms with Crippen molar-refractivity contribution in [1.82, 2.24) is 0 Å². The van der Waals surface area contributed by atoms with Gasteiger partial charge in [-0.25, -0.2) is 4.79 Å². The molecule has 0 spiro atoms. The molecular formula is C8H7ClO2S. The number of hydrogen-bond donors (Lipinski definition) is 2. The van der Waals surface area contributed by atoms with Crippen LogP contribution in [0.2, 0.25) is 5.02 Å². The number of carbonyl (C=O) groups is 1. The Kier molecular flexibility index (Phi) is 2.65. The maximum atomic E-state index is 10.5.